The molecule has 45 heavy (non-hydrogen) atoms. The second-order valence-corrected chi connectivity index (χ2v) is 12.7. The highest BCUT2D eigenvalue weighted by Gasteiger charge is 2.55. The standard InChI is InChI=1S/C33H30ClF3N6O2/c1-2-20-24(36)5-4-17-10-19(38)11-21(25(17)20)28-27(37)29-22(13-39-28)31(43-8-9-44-15-23-26(34)30(23)43)41-32(40-29)45-16-33-6-3-7-42(33)14-18(35)12-33/h1,4-5,10-11,13,18,23,26,30H,3,6-9,12,14-16,38H2/t18-,23-,26+,30-,33+/m1/s1/i16D2. The number of anilines is 2. The largest absolute Gasteiger partial charge is 0.461 e. The van der Waals surface area contributed by atoms with Crippen molar-refractivity contribution in [2.45, 2.75) is 42.4 Å². The van der Waals surface area contributed by atoms with Crippen molar-refractivity contribution in [3.8, 4) is 29.6 Å². The Balaban J connectivity index is 1.32. The van der Waals surface area contributed by atoms with Crippen LogP contribution in [0.2, 0.25) is 0 Å². The van der Waals surface area contributed by atoms with Gasteiger partial charge in [-0.2, -0.15) is 9.97 Å². The molecule has 1 aliphatic carbocycles. The van der Waals surface area contributed by atoms with E-state index in [-0.39, 0.29) is 74.9 Å². The maximum atomic E-state index is 16.9. The lowest BCUT2D eigenvalue weighted by atomic mass is 9.95. The lowest BCUT2D eigenvalue weighted by Crippen LogP contribution is -2.43. The van der Waals surface area contributed by atoms with Gasteiger partial charge in [0.15, 0.2) is 5.82 Å². The fourth-order valence-corrected chi connectivity index (χ4v) is 7.81. The molecule has 4 aromatic rings. The van der Waals surface area contributed by atoms with E-state index in [0.717, 1.165) is 0 Å². The predicted molar refractivity (Wildman–Crippen MR) is 166 cm³/mol. The molecular formula is C33H30ClF3N6O2. The van der Waals surface area contributed by atoms with Crippen molar-refractivity contribution in [1.29, 1.82) is 0 Å². The first kappa shape index (κ1) is 26.4. The molecule has 5 heterocycles. The van der Waals surface area contributed by atoms with Crippen molar-refractivity contribution >= 4 is 44.8 Å². The molecule has 4 aliphatic rings. The third kappa shape index (κ3) is 4.56. The molecule has 2 aromatic carbocycles. The van der Waals surface area contributed by atoms with Crippen molar-refractivity contribution < 1.29 is 25.4 Å². The molecule has 2 aromatic heterocycles. The molecule has 0 bridgehead atoms. The normalized spacial score (nSPS) is 28.7. The van der Waals surface area contributed by atoms with Gasteiger partial charge >= 0.3 is 6.01 Å². The minimum Gasteiger partial charge on any atom is -0.461 e. The molecule has 0 radical (unpaired) electrons. The Labute approximate surface area is 265 Å². The van der Waals surface area contributed by atoms with Gasteiger partial charge in [-0.25, -0.2) is 13.2 Å². The van der Waals surface area contributed by atoms with Crippen molar-refractivity contribution in [3.05, 3.63) is 47.7 Å². The van der Waals surface area contributed by atoms with E-state index in [9.17, 15) is 8.78 Å². The van der Waals surface area contributed by atoms with Crippen LogP contribution in [0, 0.1) is 29.9 Å². The average Bonchev–Trinajstić information content (AvgIpc) is 3.39. The van der Waals surface area contributed by atoms with Gasteiger partial charge < -0.3 is 20.1 Å². The van der Waals surface area contributed by atoms with Crippen LogP contribution in [-0.4, -0.2) is 82.4 Å². The number of terminal acetylenes is 1. The van der Waals surface area contributed by atoms with E-state index < -0.39 is 35.9 Å². The van der Waals surface area contributed by atoms with Gasteiger partial charge in [0.2, 0.25) is 0 Å². The summed E-state index contributed by atoms with van der Waals surface area (Å²) in [5.74, 6) is 1.09. The summed E-state index contributed by atoms with van der Waals surface area (Å²) in [5.41, 5.74) is 4.95. The van der Waals surface area contributed by atoms with Gasteiger partial charge in [-0.3, -0.25) is 9.88 Å². The number of hydrogen-bond acceptors (Lipinski definition) is 8. The third-order valence-electron chi connectivity index (χ3n) is 9.52. The number of nitrogen functional groups attached to an aromatic ring is 1. The molecule has 3 aliphatic heterocycles. The van der Waals surface area contributed by atoms with Crippen LogP contribution in [0.4, 0.5) is 24.7 Å². The van der Waals surface area contributed by atoms with E-state index in [1.165, 1.54) is 24.4 Å². The second-order valence-electron chi connectivity index (χ2n) is 12.2. The Bertz CT molecular complexity index is 2000. The van der Waals surface area contributed by atoms with E-state index >= 15 is 4.39 Å². The number of halogens is 4. The quantitative estimate of drug-likeness (QED) is 0.184. The Kier molecular flexibility index (Phi) is 6.22. The number of hydrogen-bond donors (Lipinski definition) is 1. The van der Waals surface area contributed by atoms with E-state index in [4.69, 9.17) is 36.0 Å². The number of fused-ring (bicyclic) bond motifs is 4. The summed E-state index contributed by atoms with van der Waals surface area (Å²) in [6.07, 6.45) is 6.93. The molecule has 1 saturated carbocycles. The van der Waals surface area contributed by atoms with Gasteiger partial charge in [0.25, 0.3) is 0 Å². The monoisotopic (exact) mass is 636 g/mol. The van der Waals surface area contributed by atoms with Crippen molar-refractivity contribution in [2.75, 3.05) is 50.0 Å². The molecule has 2 N–H and O–H groups in total. The molecule has 3 saturated heterocycles. The smallest absolute Gasteiger partial charge is 0.319 e. The number of rotatable bonds is 5. The van der Waals surface area contributed by atoms with E-state index in [2.05, 4.69) is 20.9 Å². The van der Waals surface area contributed by atoms with Crippen LogP contribution in [0.1, 0.15) is 27.6 Å². The van der Waals surface area contributed by atoms with Crippen LogP contribution in [0.25, 0.3) is 32.9 Å². The first-order valence-electron chi connectivity index (χ1n) is 15.9. The van der Waals surface area contributed by atoms with E-state index in [0.29, 0.717) is 44.5 Å². The number of aromatic nitrogens is 3. The third-order valence-corrected chi connectivity index (χ3v) is 10.1. The Morgan fingerprint density at radius 3 is 2.98 bits per heavy atom. The summed E-state index contributed by atoms with van der Waals surface area (Å²) in [4.78, 5) is 17.2. The fraction of sp³-hybridized carbons (Fsp3) is 0.424. The van der Waals surface area contributed by atoms with Crippen LogP contribution in [0.3, 0.4) is 0 Å². The zero-order chi connectivity index (χ0) is 32.8. The number of pyridine rings is 1. The Morgan fingerprint density at radius 1 is 1.27 bits per heavy atom. The molecule has 232 valence electrons. The van der Waals surface area contributed by atoms with Crippen LogP contribution in [0.15, 0.2) is 30.5 Å². The first-order chi connectivity index (χ1) is 22.5. The van der Waals surface area contributed by atoms with Gasteiger partial charge in [-0.1, -0.05) is 12.0 Å². The molecule has 0 spiro atoms. The van der Waals surface area contributed by atoms with Crippen molar-refractivity contribution in [3.63, 3.8) is 0 Å². The summed E-state index contributed by atoms with van der Waals surface area (Å²) in [7, 11) is 0. The fourth-order valence-electron chi connectivity index (χ4n) is 7.35. The number of nitrogens with two attached hydrogens (primary N) is 1. The van der Waals surface area contributed by atoms with Crippen LogP contribution in [0.5, 0.6) is 6.01 Å². The molecule has 4 fully saturated rings. The summed E-state index contributed by atoms with van der Waals surface area (Å²) in [5, 5.41) is 0.747. The van der Waals surface area contributed by atoms with Gasteiger partial charge in [-0.15, -0.1) is 18.0 Å². The lowest BCUT2D eigenvalue weighted by Gasteiger charge is -2.31. The van der Waals surface area contributed by atoms with Gasteiger partial charge in [-0.05, 0) is 43.0 Å². The molecular weight excluding hydrogens is 605 g/mol. The highest BCUT2D eigenvalue weighted by Crippen LogP contribution is 2.47. The second kappa shape index (κ2) is 10.6. The lowest BCUT2D eigenvalue weighted by molar-refractivity contribution is 0.107. The Morgan fingerprint density at radius 2 is 2.13 bits per heavy atom. The van der Waals surface area contributed by atoms with Gasteiger partial charge in [0, 0.05) is 48.3 Å². The molecule has 0 amide bonds. The highest BCUT2D eigenvalue weighted by atomic mass is 35.5. The van der Waals surface area contributed by atoms with Crippen LogP contribution < -0.4 is 15.4 Å². The summed E-state index contributed by atoms with van der Waals surface area (Å²) in [6.45, 7) is -0.570. The number of benzene rings is 2. The summed E-state index contributed by atoms with van der Waals surface area (Å²) in [6, 6.07) is 5.22. The zero-order valence-electron chi connectivity index (χ0n) is 26.1. The first-order valence-corrected chi connectivity index (χ1v) is 15.4. The maximum absolute atomic E-state index is 16.9. The number of ether oxygens (including phenoxy) is 2. The minimum absolute atomic E-state index is 0.0127. The van der Waals surface area contributed by atoms with E-state index in [1.54, 1.807) is 11.0 Å². The van der Waals surface area contributed by atoms with Gasteiger partial charge in [0.05, 0.1) is 43.9 Å². The molecule has 0 unspecified atom stereocenters. The summed E-state index contributed by atoms with van der Waals surface area (Å²) < 4.78 is 76.2. The van der Waals surface area contributed by atoms with Crippen molar-refractivity contribution in [1.82, 2.24) is 19.9 Å². The Hall–Kier alpha value is -3.85. The van der Waals surface area contributed by atoms with Crippen LogP contribution in [-0.2, 0) is 4.74 Å². The van der Waals surface area contributed by atoms with Crippen molar-refractivity contribution in [2.24, 2.45) is 5.92 Å². The van der Waals surface area contributed by atoms with Crippen LogP contribution >= 0.6 is 11.6 Å². The molecule has 8 nitrogen and oxygen atoms in total. The highest BCUT2D eigenvalue weighted by molar-refractivity contribution is 6.24. The number of alkyl halides is 2. The van der Waals surface area contributed by atoms with E-state index in [1.807, 2.05) is 4.90 Å². The average molecular weight is 637 g/mol. The maximum Gasteiger partial charge on any atom is 0.319 e. The minimum atomic E-state index is -2.41. The molecule has 5 atom stereocenters. The topological polar surface area (TPSA) is 89.6 Å². The molecule has 12 heteroatoms. The SMILES string of the molecule is [2H]C([2H])(Oc1nc(N2CCOC[C@@H]3[C@H](Cl)[C@@H]32)c2cnc(-c3cc(N)cc4ccc(F)c(C#C)c34)c(F)c2n1)[C@@]12CCCN1C[C@H](F)C2. The predicted octanol–water partition coefficient (Wildman–Crippen LogP) is 5.08. The summed E-state index contributed by atoms with van der Waals surface area (Å²) >= 11 is 6.64. The zero-order valence-corrected chi connectivity index (χ0v) is 24.8. The molecule has 8 rings (SSSR count). The number of nitrogens with zero attached hydrogens (tertiary/aromatic N) is 5. The van der Waals surface area contributed by atoms with Gasteiger partial charge in [0.1, 0.15) is 35.6 Å².